The summed E-state index contributed by atoms with van der Waals surface area (Å²) in [4.78, 5) is 2.22. The van der Waals surface area contributed by atoms with E-state index in [1.807, 2.05) is 11.6 Å². The summed E-state index contributed by atoms with van der Waals surface area (Å²) in [7, 11) is 1.93. The molecule has 1 saturated heterocycles. The van der Waals surface area contributed by atoms with Gasteiger partial charge >= 0.3 is 0 Å². The molecule has 2 heterocycles. The van der Waals surface area contributed by atoms with E-state index in [9.17, 15) is 0 Å². The highest BCUT2D eigenvalue weighted by Gasteiger charge is 2.39. The first-order valence-electron chi connectivity index (χ1n) is 5.77. The van der Waals surface area contributed by atoms with Gasteiger partial charge in [-0.2, -0.15) is 0 Å². The Morgan fingerprint density at radius 2 is 1.76 bits per heavy atom. The van der Waals surface area contributed by atoms with Crippen LogP contribution in [0.5, 0.6) is 0 Å². The van der Waals surface area contributed by atoms with E-state index in [-0.39, 0.29) is 11.2 Å². The van der Waals surface area contributed by atoms with Crippen molar-refractivity contribution in [2.45, 2.75) is 38.9 Å². The zero-order valence-electron chi connectivity index (χ0n) is 11.1. The maximum atomic E-state index is 6.04. The molecule has 1 aromatic rings. The van der Waals surface area contributed by atoms with Gasteiger partial charge in [0.05, 0.1) is 11.2 Å². The molecule has 0 atom stereocenters. The monoisotopic (exact) mass is 256 g/mol. The minimum atomic E-state index is -0.185. The first-order chi connectivity index (χ1) is 7.70. The van der Waals surface area contributed by atoms with Crippen molar-refractivity contribution in [3.05, 3.63) is 4.77 Å². The number of ether oxygens (including phenoxy) is 1. The summed E-state index contributed by atoms with van der Waals surface area (Å²) in [5, 5.41) is 7.11. The van der Waals surface area contributed by atoms with Crippen LogP contribution in [0.2, 0.25) is 0 Å². The molecule has 1 aromatic heterocycles. The number of anilines is 1. The summed E-state index contributed by atoms with van der Waals surface area (Å²) in [6, 6.07) is 0. The molecule has 0 bridgehead atoms. The molecule has 0 aliphatic carbocycles. The lowest BCUT2D eigenvalue weighted by Crippen LogP contribution is -2.57. The first-order valence-corrected chi connectivity index (χ1v) is 6.18. The fourth-order valence-electron chi connectivity index (χ4n) is 2.55. The van der Waals surface area contributed by atoms with Crippen LogP contribution in [0.1, 0.15) is 27.7 Å². The Labute approximate surface area is 107 Å². The third kappa shape index (κ3) is 2.52. The Balaban J connectivity index is 2.33. The Morgan fingerprint density at radius 3 is 2.18 bits per heavy atom. The highest BCUT2D eigenvalue weighted by Crippen LogP contribution is 2.30. The number of morpholine rings is 1. The van der Waals surface area contributed by atoms with Crippen molar-refractivity contribution in [2.75, 3.05) is 18.0 Å². The van der Waals surface area contributed by atoms with Gasteiger partial charge in [-0.1, -0.05) is 0 Å². The van der Waals surface area contributed by atoms with Gasteiger partial charge in [0.2, 0.25) is 5.95 Å². The van der Waals surface area contributed by atoms with E-state index in [0.717, 1.165) is 19.0 Å². The fraction of sp³-hybridized carbons (Fsp3) is 0.818. The Morgan fingerprint density at radius 1 is 1.24 bits per heavy atom. The van der Waals surface area contributed by atoms with Crippen LogP contribution >= 0.6 is 12.2 Å². The topological polar surface area (TPSA) is 46.1 Å². The third-order valence-corrected chi connectivity index (χ3v) is 3.20. The Bertz CT molecular complexity index is 458. The van der Waals surface area contributed by atoms with Crippen molar-refractivity contribution in [3.8, 4) is 0 Å². The zero-order chi connectivity index (χ0) is 12.8. The number of nitrogens with one attached hydrogen (secondary N) is 1. The highest BCUT2D eigenvalue weighted by atomic mass is 32.1. The quantitative estimate of drug-likeness (QED) is 0.779. The molecule has 1 aliphatic rings. The molecule has 2 rings (SSSR count). The van der Waals surface area contributed by atoms with Crippen LogP contribution in [-0.2, 0) is 11.8 Å². The number of aromatic nitrogens is 3. The molecular weight excluding hydrogens is 236 g/mol. The van der Waals surface area contributed by atoms with Gasteiger partial charge in [-0.25, -0.2) is 5.10 Å². The normalized spacial score (nSPS) is 22.8. The van der Waals surface area contributed by atoms with E-state index in [1.54, 1.807) is 0 Å². The van der Waals surface area contributed by atoms with E-state index < -0.39 is 0 Å². The summed E-state index contributed by atoms with van der Waals surface area (Å²) in [6.07, 6.45) is 0. The average Bonchev–Trinajstić information content (AvgIpc) is 2.42. The van der Waals surface area contributed by atoms with Crippen LogP contribution in [0.25, 0.3) is 0 Å². The first kappa shape index (κ1) is 12.6. The molecule has 1 aliphatic heterocycles. The van der Waals surface area contributed by atoms with Crippen LogP contribution in [0.4, 0.5) is 5.95 Å². The maximum absolute atomic E-state index is 6.04. The summed E-state index contributed by atoms with van der Waals surface area (Å²) >= 11 is 5.14. The summed E-state index contributed by atoms with van der Waals surface area (Å²) in [6.45, 7) is 10.0. The maximum Gasteiger partial charge on any atom is 0.225 e. The predicted octanol–water partition coefficient (Wildman–Crippen LogP) is 1.87. The van der Waals surface area contributed by atoms with Gasteiger partial charge in [0.15, 0.2) is 4.77 Å². The molecule has 5 nitrogen and oxygen atoms in total. The average molecular weight is 256 g/mol. The van der Waals surface area contributed by atoms with E-state index >= 15 is 0 Å². The molecule has 0 saturated carbocycles. The van der Waals surface area contributed by atoms with Crippen LogP contribution < -0.4 is 4.90 Å². The zero-order valence-corrected chi connectivity index (χ0v) is 11.9. The van der Waals surface area contributed by atoms with Gasteiger partial charge in [0.1, 0.15) is 0 Å². The second kappa shape index (κ2) is 3.81. The van der Waals surface area contributed by atoms with Crippen LogP contribution in [0, 0.1) is 4.77 Å². The Kier molecular flexibility index (Phi) is 2.82. The van der Waals surface area contributed by atoms with Crippen LogP contribution in [0.15, 0.2) is 0 Å². The SMILES string of the molecule is Cn1c(N2CC(C)(C)OC(C)(C)C2)n[nH]c1=S. The molecular formula is C11H20N4OS. The summed E-state index contributed by atoms with van der Waals surface area (Å²) in [5.41, 5.74) is -0.370. The third-order valence-electron chi connectivity index (χ3n) is 2.83. The number of H-pyrrole nitrogens is 1. The van der Waals surface area contributed by atoms with Crippen LogP contribution in [-0.4, -0.2) is 39.1 Å². The van der Waals surface area contributed by atoms with Crippen molar-refractivity contribution in [1.82, 2.24) is 14.8 Å². The summed E-state index contributed by atoms with van der Waals surface area (Å²) < 4.78 is 8.58. The standard InChI is InChI=1S/C11H20N4OS/c1-10(2)6-15(7-11(3,4)16-10)8-12-13-9(17)14(8)5/h6-7H2,1-5H3,(H,13,17). The van der Waals surface area contributed by atoms with Gasteiger partial charge in [0, 0.05) is 20.1 Å². The van der Waals surface area contributed by atoms with Crippen molar-refractivity contribution in [3.63, 3.8) is 0 Å². The lowest BCUT2D eigenvalue weighted by Gasteiger charge is -2.47. The molecule has 0 amide bonds. The molecule has 1 N–H and O–H groups in total. The lowest BCUT2D eigenvalue weighted by molar-refractivity contribution is -0.133. The Hall–Kier alpha value is -0.880. The molecule has 0 spiro atoms. The minimum absolute atomic E-state index is 0.185. The molecule has 1 fully saturated rings. The van der Waals surface area contributed by atoms with Gasteiger partial charge < -0.3 is 9.64 Å². The summed E-state index contributed by atoms with van der Waals surface area (Å²) in [5.74, 6) is 0.874. The van der Waals surface area contributed by atoms with Gasteiger partial charge in [-0.15, -0.1) is 5.10 Å². The van der Waals surface area contributed by atoms with Crippen molar-refractivity contribution < 1.29 is 4.74 Å². The number of nitrogens with zero attached hydrogens (tertiary/aromatic N) is 3. The molecule has 0 unspecified atom stereocenters. The predicted molar refractivity (Wildman–Crippen MR) is 69.8 cm³/mol. The van der Waals surface area contributed by atoms with E-state index in [0.29, 0.717) is 4.77 Å². The number of aromatic amines is 1. The fourth-order valence-corrected chi connectivity index (χ4v) is 2.68. The molecule has 0 aromatic carbocycles. The second-order valence-corrected chi connectivity index (χ2v) is 6.25. The molecule has 17 heavy (non-hydrogen) atoms. The minimum Gasteiger partial charge on any atom is -0.366 e. The van der Waals surface area contributed by atoms with Crippen LogP contribution in [0.3, 0.4) is 0 Å². The van der Waals surface area contributed by atoms with E-state index in [2.05, 4.69) is 42.8 Å². The van der Waals surface area contributed by atoms with Gasteiger partial charge in [-0.05, 0) is 39.9 Å². The van der Waals surface area contributed by atoms with E-state index in [1.165, 1.54) is 0 Å². The van der Waals surface area contributed by atoms with Gasteiger partial charge in [-0.3, -0.25) is 4.57 Å². The largest absolute Gasteiger partial charge is 0.366 e. The number of hydrogen-bond donors (Lipinski definition) is 1. The van der Waals surface area contributed by atoms with E-state index in [4.69, 9.17) is 17.0 Å². The molecule has 0 radical (unpaired) electrons. The number of hydrogen-bond acceptors (Lipinski definition) is 4. The van der Waals surface area contributed by atoms with Crippen molar-refractivity contribution in [1.29, 1.82) is 0 Å². The van der Waals surface area contributed by atoms with Crippen molar-refractivity contribution >= 4 is 18.2 Å². The molecule has 6 heteroatoms. The van der Waals surface area contributed by atoms with Gasteiger partial charge in [0.25, 0.3) is 0 Å². The second-order valence-electron chi connectivity index (χ2n) is 5.87. The smallest absolute Gasteiger partial charge is 0.225 e. The lowest BCUT2D eigenvalue weighted by atomic mass is 9.99. The number of rotatable bonds is 1. The van der Waals surface area contributed by atoms with Crippen molar-refractivity contribution in [2.24, 2.45) is 7.05 Å². The highest BCUT2D eigenvalue weighted by molar-refractivity contribution is 7.71. The molecule has 96 valence electrons.